The lowest BCUT2D eigenvalue weighted by Crippen LogP contribution is -2.27. The van der Waals surface area contributed by atoms with Crippen LogP contribution in [0.2, 0.25) is 0 Å². The van der Waals surface area contributed by atoms with Crippen LogP contribution in [0.5, 0.6) is 5.75 Å². The number of hydrogen-bond donors (Lipinski definition) is 1. The zero-order valence-corrected chi connectivity index (χ0v) is 15.5. The molecule has 6 heteroatoms. The van der Waals surface area contributed by atoms with Crippen molar-refractivity contribution in [2.24, 2.45) is 0 Å². The van der Waals surface area contributed by atoms with Gasteiger partial charge >= 0.3 is 6.09 Å². The minimum Gasteiger partial charge on any atom is -0.489 e. The summed E-state index contributed by atoms with van der Waals surface area (Å²) in [5, 5.41) is 10.5. The van der Waals surface area contributed by atoms with Gasteiger partial charge in [0, 0.05) is 10.0 Å². The van der Waals surface area contributed by atoms with Gasteiger partial charge in [0.15, 0.2) is 0 Å². The van der Waals surface area contributed by atoms with Crippen molar-refractivity contribution in [2.45, 2.75) is 26.9 Å². The molecule has 1 amide bonds. The van der Waals surface area contributed by atoms with Crippen molar-refractivity contribution >= 4 is 27.7 Å². The van der Waals surface area contributed by atoms with E-state index in [1.807, 2.05) is 25.1 Å². The lowest BCUT2D eigenvalue weighted by atomic mass is 10.1. The average Bonchev–Trinajstić information content (AvgIpc) is 2.59. The van der Waals surface area contributed by atoms with E-state index in [9.17, 15) is 10.0 Å². The first-order valence-electron chi connectivity index (χ1n) is 7.54. The number of carbonyl (C=O) groups excluding carboxylic acids is 1. The van der Waals surface area contributed by atoms with Gasteiger partial charge in [0.1, 0.15) is 12.4 Å². The van der Waals surface area contributed by atoms with E-state index in [2.05, 4.69) is 33.7 Å². The maximum absolute atomic E-state index is 11.6. The van der Waals surface area contributed by atoms with Gasteiger partial charge in [0.2, 0.25) is 0 Å². The minimum absolute atomic E-state index is 0.211. The van der Waals surface area contributed by atoms with Crippen LogP contribution in [-0.4, -0.2) is 18.4 Å². The molecular formula is C18H20BrNO4. The van der Waals surface area contributed by atoms with Gasteiger partial charge < -0.3 is 9.47 Å². The molecule has 2 rings (SSSR count). The molecule has 0 aliphatic rings. The Morgan fingerprint density at radius 2 is 2.00 bits per heavy atom. The zero-order valence-electron chi connectivity index (χ0n) is 13.9. The Kier molecular flexibility index (Phi) is 6.23. The molecule has 0 unspecified atom stereocenters. The van der Waals surface area contributed by atoms with Crippen molar-refractivity contribution in [1.29, 1.82) is 0 Å². The first kappa shape index (κ1) is 18.3. The number of aryl methyl sites for hydroxylation is 2. The fourth-order valence-corrected chi connectivity index (χ4v) is 2.64. The fourth-order valence-electron chi connectivity index (χ4n) is 2.29. The van der Waals surface area contributed by atoms with Gasteiger partial charge in [-0.2, -0.15) is 5.06 Å². The lowest BCUT2D eigenvalue weighted by molar-refractivity contribution is 0.140. The van der Waals surface area contributed by atoms with Gasteiger partial charge in [0.05, 0.1) is 12.8 Å². The molecule has 0 bridgehead atoms. The normalized spacial score (nSPS) is 10.4. The van der Waals surface area contributed by atoms with Crippen LogP contribution >= 0.6 is 15.9 Å². The molecule has 0 aromatic heterocycles. The third-order valence-corrected chi connectivity index (χ3v) is 4.15. The highest BCUT2D eigenvalue weighted by Crippen LogP contribution is 2.27. The van der Waals surface area contributed by atoms with Crippen molar-refractivity contribution in [3.63, 3.8) is 0 Å². The molecule has 0 saturated carbocycles. The number of anilines is 1. The Morgan fingerprint density at radius 1 is 1.25 bits per heavy atom. The van der Waals surface area contributed by atoms with Crippen molar-refractivity contribution in [3.05, 3.63) is 57.6 Å². The maximum atomic E-state index is 11.6. The Hall–Kier alpha value is -2.05. The first-order chi connectivity index (χ1) is 11.5. The van der Waals surface area contributed by atoms with Crippen LogP contribution < -0.4 is 9.80 Å². The molecule has 0 saturated heterocycles. The smallest absolute Gasteiger partial charge is 0.438 e. The number of hydrogen-bond acceptors (Lipinski definition) is 4. The van der Waals surface area contributed by atoms with E-state index in [0.717, 1.165) is 22.2 Å². The summed E-state index contributed by atoms with van der Waals surface area (Å²) >= 11 is 3.33. The largest absolute Gasteiger partial charge is 0.489 e. The van der Waals surface area contributed by atoms with Gasteiger partial charge in [-0.1, -0.05) is 41.1 Å². The summed E-state index contributed by atoms with van der Waals surface area (Å²) < 4.78 is 11.1. The quantitative estimate of drug-likeness (QED) is 0.581. The molecule has 24 heavy (non-hydrogen) atoms. The Labute approximate surface area is 149 Å². The maximum Gasteiger partial charge on any atom is 0.438 e. The summed E-state index contributed by atoms with van der Waals surface area (Å²) in [6, 6.07) is 11.3. The summed E-state index contributed by atoms with van der Waals surface area (Å²) in [5.41, 5.74) is 3.25. The molecule has 0 aliphatic heterocycles. The predicted octanol–water partition coefficient (Wildman–Crippen LogP) is 4.86. The summed E-state index contributed by atoms with van der Waals surface area (Å²) in [6.45, 7) is 4.30. The SMILES string of the molecule is CCc1ccc(OCc2ccc(Br)cc2N(O)C(=O)OC)c(C)c1. The number of halogens is 1. The molecule has 0 radical (unpaired) electrons. The molecule has 5 nitrogen and oxygen atoms in total. The van der Waals surface area contributed by atoms with Gasteiger partial charge in [0.25, 0.3) is 0 Å². The monoisotopic (exact) mass is 393 g/mol. The minimum atomic E-state index is -0.863. The van der Waals surface area contributed by atoms with E-state index in [1.54, 1.807) is 12.1 Å². The van der Waals surface area contributed by atoms with E-state index in [1.165, 1.54) is 12.7 Å². The number of ether oxygens (including phenoxy) is 2. The summed E-state index contributed by atoms with van der Waals surface area (Å²) in [7, 11) is 1.21. The van der Waals surface area contributed by atoms with Crippen molar-refractivity contribution in [2.75, 3.05) is 12.2 Å². The van der Waals surface area contributed by atoms with E-state index in [4.69, 9.17) is 4.74 Å². The van der Waals surface area contributed by atoms with Gasteiger partial charge in [-0.3, -0.25) is 5.21 Å². The van der Waals surface area contributed by atoms with Crippen LogP contribution in [0.3, 0.4) is 0 Å². The Morgan fingerprint density at radius 3 is 2.62 bits per heavy atom. The number of hydroxylamine groups is 1. The number of benzene rings is 2. The molecule has 0 aliphatic carbocycles. The average molecular weight is 394 g/mol. The third kappa shape index (κ3) is 4.27. The molecule has 2 aromatic rings. The summed E-state index contributed by atoms with van der Waals surface area (Å²) in [5.74, 6) is 0.767. The van der Waals surface area contributed by atoms with E-state index in [-0.39, 0.29) is 6.61 Å². The number of rotatable bonds is 5. The van der Waals surface area contributed by atoms with Crippen molar-refractivity contribution < 1.29 is 19.5 Å². The second kappa shape index (κ2) is 8.17. The molecule has 0 spiro atoms. The topological polar surface area (TPSA) is 59.0 Å². The molecule has 2 aromatic carbocycles. The summed E-state index contributed by atoms with van der Waals surface area (Å²) in [6.07, 6.45) is 0.106. The van der Waals surface area contributed by atoms with E-state index >= 15 is 0 Å². The van der Waals surface area contributed by atoms with Crippen molar-refractivity contribution in [3.8, 4) is 5.75 Å². The molecule has 0 fully saturated rings. The van der Waals surface area contributed by atoms with Crippen LogP contribution in [0.25, 0.3) is 0 Å². The van der Waals surface area contributed by atoms with Crippen LogP contribution in [0.4, 0.5) is 10.5 Å². The van der Waals surface area contributed by atoms with Crippen molar-refractivity contribution in [1.82, 2.24) is 0 Å². The molecule has 128 valence electrons. The van der Waals surface area contributed by atoms with Crippen LogP contribution in [0, 0.1) is 6.92 Å². The molecule has 1 N–H and O–H groups in total. The number of methoxy groups -OCH3 is 1. The van der Waals surface area contributed by atoms with Gasteiger partial charge in [-0.05, 0) is 42.7 Å². The third-order valence-electron chi connectivity index (χ3n) is 3.65. The molecular weight excluding hydrogens is 374 g/mol. The van der Waals surface area contributed by atoms with E-state index in [0.29, 0.717) is 16.3 Å². The molecule has 0 heterocycles. The highest BCUT2D eigenvalue weighted by Gasteiger charge is 2.18. The van der Waals surface area contributed by atoms with Gasteiger partial charge in [-0.15, -0.1) is 0 Å². The Balaban J connectivity index is 2.22. The van der Waals surface area contributed by atoms with Gasteiger partial charge in [-0.25, -0.2) is 4.79 Å². The number of amides is 1. The highest BCUT2D eigenvalue weighted by atomic mass is 79.9. The lowest BCUT2D eigenvalue weighted by Gasteiger charge is -2.18. The zero-order chi connectivity index (χ0) is 17.7. The molecule has 0 atom stereocenters. The second-order valence-electron chi connectivity index (χ2n) is 5.30. The van der Waals surface area contributed by atoms with E-state index < -0.39 is 6.09 Å². The summed E-state index contributed by atoms with van der Waals surface area (Å²) in [4.78, 5) is 11.6. The number of nitrogens with zero attached hydrogens (tertiary/aromatic N) is 1. The fraction of sp³-hybridized carbons (Fsp3) is 0.278. The first-order valence-corrected chi connectivity index (χ1v) is 8.33. The predicted molar refractivity (Wildman–Crippen MR) is 95.7 cm³/mol. The number of carbonyl (C=O) groups is 1. The van der Waals surface area contributed by atoms with Crippen LogP contribution in [-0.2, 0) is 17.8 Å². The second-order valence-corrected chi connectivity index (χ2v) is 6.21. The van der Waals surface area contributed by atoms with Crippen LogP contribution in [0.1, 0.15) is 23.6 Å². The van der Waals surface area contributed by atoms with Crippen LogP contribution in [0.15, 0.2) is 40.9 Å². The Bertz CT molecular complexity index is 733. The standard InChI is InChI=1S/C18H20BrNO4/c1-4-13-5-8-17(12(2)9-13)24-11-14-6-7-15(19)10-16(14)20(22)18(21)23-3/h5-10,22H,4,11H2,1-3H3. The highest BCUT2D eigenvalue weighted by molar-refractivity contribution is 9.10.